The standard InChI is InChI=1S/C20H32N4O5S2/c25-20(22-9-3-1-2-4-10-22)17-21-15-18(30(26,27)23-11-5-6-12-23)19(16-21)31(28,29)24-13-7-8-14-24/h15-16H,1-14,17H2. The Kier molecular flexibility index (Phi) is 6.76. The molecule has 0 saturated carbocycles. The number of carbonyl (C=O) groups is 1. The van der Waals surface area contributed by atoms with E-state index in [0.717, 1.165) is 51.4 Å². The maximum atomic E-state index is 13.3. The van der Waals surface area contributed by atoms with Crippen LogP contribution in [0.1, 0.15) is 51.4 Å². The van der Waals surface area contributed by atoms with Crippen LogP contribution in [-0.4, -0.2) is 80.1 Å². The first-order valence-electron chi connectivity index (χ1n) is 11.3. The Balaban J connectivity index is 1.67. The number of sulfonamides is 2. The molecule has 11 heteroatoms. The largest absolute Gasteiger partial charge is 0.342 e. The molecule has 9 nitrogen and oxygen atoms in total. The van der Waals surface area contributed by atoms with Crippen LogP contribution in [0.25, 0.3) is 0 Å². The molecular weight excluding hydrogens is 440 g/mol. The summed E-state index contributed by atoms with van der Waals surface area (Å²) in [6, 6.07) is 0. The lowest BCUT2D eigenvalue weighted by Gasteiger charge is -2.20. The molecule has 3 saturated heterocycles. The summed E-state index contributed by atoms with van der Waals surface area (Å²) >= 11 is 0. The maximum Gasteiger partial charge on any atom is 0.245 e. The molecule has 0 aromatic carbocycles. The topological polar surface area (TPSA) is 100 Å². The van der Waals surface area contributed by atoms with Crippen LogP contribution in [-0.2, 0) is 31.4 Å². The van der Waals surface area contributed by atoms with Crippen molar-refractivity contribution in [1.82, 2.24) is 18.1 Å². The molecule has 1 aromatic heterocycles. The van der Waals surface area contributed by atoms with Crippen molar-refractivity contribution in [2.75, 3.05) is 39.3 Å². The third kappa shape index (κ3) is 4.69. The van der Waals surface area contributed by atoms with Gasteiger partial charge in [0.15, 0.2) is 0 Å². The summed E-state index contributed by atoms with van der Waals surface area (Å²) in [5.41, 5.74) is 0. The maximum absolute atomic E-state index is 13.3. The molecule has 4 rings (SSSR count). The minimum atomic E-state index is -3.95. The number of rotatable bonds is 6. The number of hydrogen-bond acceptors (Lipinski definition) is 5. The van der Waals surface area contributed by atoms with Gasteiger partial charge in [-0.05, 0) is 38.5 Å². The molecule has 0 aliphatic carbocycles. The SMILES string of the molecule is O=C(Cn1cc(S(=O)(=O)N2CCCC2)c(S(=O)(=O)N2CCCC2)c1)N1CCCCCC1. The van der Waals surface area contributed by atoms with Gasteiger partial charge in [0.05, 0.1) is 0 Å². The van der Waals surface area contributed by atoms with Gasteiger partial charge in [-0.15, -0.1) is 0 Å². The van der Waals surface area contributed by atoms with E-state index in [1.54, 1.807) is 4.90 Å². The summed E-state index contributed by atoms with van der Waals surface area (Å²) in [6.07, 6.45) is 9.86. The van der Waals surface area contributed by atoms with Gasteiger partial charge in [-0.25, -0.2) is 16.8 Å². The van der Waals surface area contributed by atoms with E-state index in [4.69, 9.17) is 0 Å². The number of amides is 1. The fourth-order valence-electron chi connectivity index (χ4n) is 4.66. The number of nitrogens with zero attached hydrogens (tertiary/aromatic N) is 4. The molecule has 0 atom stereocenters. The third-order valence-electron chi connectivity index (χ3n) is 6.45. The van der Waals surface area contributed by atoms with Crippen LogP contribution < -0.4 is 0 Å². The Labute approximate surface area is 185 Å². The minimum Gasteiger partial charge on any atom is -0.342 e. The second kappa shape index (κ2) is 9.21. The van der Waals surface area contributed by atoms with E-state index < -0.39 is 20.0 Å². The van der Waals surface area contributed by atoms with Crippen LogP contribution in [0.15, 0.2) is 22.2 Å². The molecule has 0 bridgehead atoms. The molecule has 1 amide bonds. The van der Waals surface area contributed by atoms with Gasteiger partial charge in [0, 0.05) is 51.7 Å². The highest BCUT2D eigenvalue weighted by Crippen LogP contribution is 2.31. The van der Waals surface area contributed by atoms with Crippen LogP contribution in [0, 0.1) is 0 Å². The Hall–Kier alpha value is -1.43. The van der Waals surface area contributed by atoms with Gasteiger partial charge in [0.2, 0.25) is 26.0 Å². The molecule has 4 heterocycles. The van der Waals surface area contributed by atoms with Crippen LogP contribution in [0.3, 0.4) is 0 Å². The lowest BCUT2D eigenvalue weighted by molar-refractivity contribution is -0.131. The molecule has 31 heavy (non-hydrogen) atoms. The van der Waals surface area contributed by atoms with Crippen molar-refractivity contribution >= 4 is 26.0 Å². The van der Waals surface area contributed by atoms with Crippen LogP contribution in [0.2, 0.25) is 0 Å². The zero-order valence-electron chi connectivity index (χ0n) is 17.9. The van der Waals surface area contributed by atoms with E-state index in [0.29, 0.717) is 39.3 Å². The number of carbonyl (C=O) groups excluding carboxylic acids is 1. The molecule has 3 fully saturated rings. The zero-order valence-corrected chi connectivity index (χ0v) is 19.5. The van der Waals surface area contributed by atoms with Gasteiger partial charge in [-0.2, -0.15) is 8.61 Å². The molecule has 0 spiro atoms. The van der Waals surface area contributed by atoms with E-state index in [1.165, 1.54) is 25.6 Å². The van der Waals surface area contributed by atoms with Crippen molar-refractivity contribution in [3.8, 4) is 0 Å². The van der Waals surface area contributed by atoms with Crippen LogP contribution >= 0.6 is 0 Å². The molecule has 3 aliphatic rings. The zero-order chi connectivity index (χ0) is 22.1. The van der Waals surface area contributed by atoms with E-state index >= 15 is 0 Å². The molecule has 0 radical (unpaired) electrons. The molecule has 0 unspecified atom stereocenters. The van der Waals surface area contributed by atoms with Gasteiger partial charge >= 0.3 is 0 Å². The average Bonchev–Trinajstić information content (AvgIpc) is 3.47. The first kappa shape index (κ1) is 22.8. The van der Waals surface area contributed by atoms with Crippen molar-refractivity contribution in [2.24, 2.45) is 0 Å². The van der Waals surface area contributed by atoms with Crippen molar-refractivity contribution in [3.63, 3.8) is 0 Å². The van der Waals surface area contributed by atoms with Gasteiger partial charge in [0.25, 0.3) is 0 Å². The van der Waals surface area contributed by atoms with Gasteiger partial charge < -0.3 is 9.47 Å². The highest BCUT2D eigenvalue weighted by atomic mass is 32.2. The Morgan fingerprint density at radius 3 is 1.45 bits per heavy atom. The lowest BCUT2D eigenvalue weighted by atomic mass is 10.2. The van der Waals surface area contributed by atoms with Crippen molar-refractivity contribution in [3.05, 3.63) is 12.4 Å². The first-order valence-corrected chi connectivity index (χ1v) is 14.2. The Bertz CT molecular complexity index is 935. The number of hydrogen-bond donors (Lipinski definition) is 0. The second-order valence-electron chi connectivity index (χ2n) is 8.68. The second-order valence-corrected chi connectivity index (χ2v) is 12.5. The molecule has 1 aromatic rings. The predicted molar refractivity (Wildman–Crippen MR) is 115 cm³/mol. The van der Waals surface area contributed by atoms with Gasteiger partial charge in [-0.1, -0.05) is 12.8 Å². The number of likely N-dealkylation sites (tertiary alicyclic amines) is 1. The number of aromatic nitrogens is 1. The predicted octanol–water partition coefficient (Wildman–Crippen LogP) is 1.46. The smallest absolute Gasteiger partial charge is 0.245 e. The summed E-state index contributed by atoms with van der Waals surface area (Å²) in [6.45, 7) is 2.90. The third-order valence-corrected chi connectivity index (χ3v) is 10.4. The van der Waals surface area contributed by atoms with E-state index in [1.807, 2.05) is 0 Å². The summed E-state index contributed by atoms with van der Waals surface area (Å²) in [7, 11) is -7.89. The monoisotopic (exact) mass is 472 g/mol. The fourth-order valence-corrected chi connectivity index (χ4v) is 8.47. The fraction of sp³-hybridized carbons (Fsp3) is 0.750. The minimum absolute atomic E-state index is 0.0575. The highest BCUT2D eigenvalue weighted by Gasteiger charge is 2.38. The Morgan fingerprint density at radius 2 is 1.03 bits per heavy atom. The van der Waals surface area contributed by atoms with Crippen LogP contribution in [0.4, 0.5) is 0 Å². The summed E-state index contributed by atoms with van der Waals surface area (Å²) in [4.78, 5) is 14.2. The summed E-state index contributed by atoms with van der Waals surface area (Å²) in [5, 5.41) is 0. The highest BCUT2D eigenvalue weighted by molar-refractivity contribution is 7.92. The molecular formula is C20H32N4O5S2. The van der Waals surface area contributed by atoms with E-state index in [9.17, 15) is 21.6 Å². The van der Waals surface area contributed by atoms with Gasteiger partial charge in [0.1, 0.15) is 16.3 Å². The molecule has 3 aliphatic heterocycles. The summed E-state index contributed by atoms with van der Waals surface area (Å²) < 4.78 is 57.3. The quantitative estimate of drug-likeness (QED) is 0.624. The van der Waals surface area contributed by atoms with Crippen LogP contribution in [0.5, 0.6) is 0 Å². The Morgan fingerprint density at radius 1 is 0.645 bits per heavy atom. The van der Waals surface area contributed by atoms with Gasteiger partial charge in [-0.3, -0.25) is 4.79 Å². The van der Waals surface area contributed by atoms with Crippen molar-refractivity contribution < 1.29 is 21.6 Å². The lowest BCUT2D eigenvalue weighted by Crippen LogP contribution is -2.34. The van der Waals surface area contributed by atoms with Crippen molar-refractivity contribution in [2.45, 2.75) is 67.7 Å². The summed E-state index contributed by atoms with van der Waals surface area (Å²) in [5.74, 6) is -0.104. The van der Waals surface area contributed by atoms with Crippen molar-refractivity contribution in [1.29, 1.82) is 0 Å². The van der Waals surface area contributed by atoms with E-state index in [-0.39, 0.29) is 22.2 Å². The average molecular weight is 473 g/mol. The molecule has 0 N–H and O–H groups in total. The van der Waals surface area contributed by atoms with E-state index in [2.05, 4.69) is 0 Å². The first-order chi connectivity index (χ1) is 14.8. The normalized spacial score (nSPS) is 22.1. The molecule has 174 valence electrons.